The van der Waals surface area contributed by atoms with E-state index in [1.807, 2.05) is 17.0 Å². The quantitative estimate of drug-likeness (QED) is 0.775. The molecule has 0 saturated carbocycles. The smallest absolute Gasteiger partial charge is 0.219 e. The van der Waals surface area contributed by atoms with Crippen molar-refractivity contribution in [2.45, 2.75) is 51.1 Å². The summed E-state index contributed by atoms with van der Waals surface area (Å²) in [5, 5.41) is 0. The highest BCUT2D eigenvalue weighted by molar-refractivity contribution is 5.73. The molecule has 0 spiro atoms. The molecule has 2 aliphatic heterocycles. The topological polar surface area (TPSA) is 45.7 Å². The first-order chi connectivity index (χ1) is 14.1. The molecule has 1 aromatic carbocycles. The van der Waals surface area contributed by atoms with Gasteiger partial charge < -0.3 is 9.64 Å². The third kappa shape index (κ3) is 4.61. The van der Waals surface area contributed by atoms with Crippen LogP contribution in [0.15, 0.2) is 42.5 Å². The Labute approximate surface area is 173 Å². The largest absolute Gasteiger partial charge is 0.497 e. The zero-order chi connectivity index (χ0) is 20.2. The van der Waals surface area contributed by atoms with Crippen molar-refractivity contribution in [3.63, 3.8) is 0 Å². The molecule has 1 aromatic heterocycles. The standard InChI is InChI=1S/C24H31N3O2/c1-18(28)26-14-11-21(12-15-26)27-13-5-10-24(27)23-9-4-7-20(25-23)16-19-6-3-8-22(17-19)29-2/h3-4,6-9,17,21,24H,5,10-16H2,1-2H3. The number of carbonyl (C=O) groups excluding carboxylic acids is 1. The lowest BCUT2D eigenvalue weighted by Crippen LogP contribution is -2.46. The van der Waals surface area contributed by atoms with Gasteiger partial charge in [-0.2, -0.15) is 0 Å². The highest BCUT2D eigenvalue weighted by atomic mass is 16.5. The molecule has 29 heavy (non-hydrogen) atoms. The lowest BCUT2D eigenvalue weighted by atomic mass is 10.0. The minimum atomic E-state index is 0.202. The first-order valence-corrected chi connectivity index (χ1v) is 10.7. The molecule has 2 aromatic rings. The Morgan fingerprint density at radius 1 is 1.10 bits per heavy atom. The van der Waals surface area contributed by atoms with Crippen molar-refractivity contribution >= 4 is 5.91 Å². The highest BCUT2D eigenvalue weighted by Crippen LogP contribution is 2.35. The summed E-state index contributed by atoms with van der Waals surface area (Å²) in [7, 11) is 1.70. The fourth-order valence-electron chi connectivity index (χ4n) is 4.83. The molecule has 3 heterocycles. The maximum Gasteiger partial charge on any atom is 0.219 e. The Hall–Kier alpha value is -2.40. The van der Waals surface area contributed by atoms with Crippen LogP contribution in [0.25, 0.3) is 0 Å². The summed E-state index contributed by atoms with van der Waals surface area (Å²) in [6.07, 6.45) is 5.34. The van der Waals surface area contributed by atoms with Crippen LogP contribution >= 0.6 is 0 Å². The monoisotopic (exact) mass is 393 g/mol. The van der Waals surface area contributed by atoms with Crippen LogP contribution in [0.4, 0.5) is 0 Å². The molecule has 5 heteroatoms. The van der Waals surface area contributed by atoms with E-state index in [0.29, 0.717) is 12.1 Å². The van der Waals surface area contributed by atoms with Crippen LogP contribution in [-0.2, 0) is 11.2 Å². The first-order valence-electron chi connectivity index (χ1n) is 10.7. The molecular weight excluding hydrogens is 362 g/mol. The van der Waals surface area contributed by atoms with Gasteiger partial charge in [0.05, 0.1) is 18.8 Å². The van der Waals surface area contributed by atoms with Crippen molar-refractivity contribution in [2.24, 2.45) is 0 Å². The van der Waals surface area contributed by atoms with Crippen LogP contribution in [0.2, 0.25) is 0 Å². The van der Waals surface area contributed by atoms with E-state index in [9.17, 15) is 4.79 Å². The summed E-state index contributed by atoms with van der Waals surface area (Å²) in [6, 6.07) is 15.6. The molecule has 0 aliphatic carbocycles. The van der Waals surface area contributed by atoms with Gasteiger partial charge in [-0.1, -0.05) is 18.2 Å². The number of carbonyl (C=O) groups is 1. The second-order valence-corrected chi connectivity index (χ2v) is 8.22. The summed E-state index contributed by atoms with van der Waals surface area (Å²) < 4.78 is 5.35. The van der Waals surface area contributed by atoms with Crippen LogP contribution in [0.5, 0.6) is 5.75 Å². The van der Waals surface area contributed by atoms with Gasteiger partial charge in [-0.05, 0) is 62.1 Å². The number of amides is 1. The fraction of sp³-hybridized carbons (Fsp3) is 0.500. The molecular formula is C24H31N3O2. The number of ether oxygens (including phenoxy) is 1. The summed E-state index contributed by atoms with van der Waals surface area (Å²) in [5.41, 5.74) is 3.51. The van der Waals surface area contributed by atoms with Crippen LogP contribution in [0, 0.1) is 0 Å². The van der Waals surface area contributed by atoms with Gasteiger partial charge in [0.15, 0.2) is 0 Å². The normalized spacial score (nSPS) is 20.8. The number of benzene rings is 1. The Morgan fingerprint density at radius 2 is 1.90 bits per heavy atom. The van der Waals surface area contributed by atoms with Crippen molar-refractivity contribution in [2.75, 3.05) is 26.7 Å². The number of nitrogens with zero attached hydrogens (tertiary/aromatic N) is 3. The van der Waals surface area contributed by atoms with Gasteiger partial charge in [-0.3, -0.25) is 14.7 Å². The maximum atomic E-state index is 11.6. The van der Waals surface area contributed by atoms with E-state index in [-0.39, 0.29) is 5.91 Å². The molecule has 2 saturated heterocycles. The van der Waals surface area contributed by atoms with E-state index in [1.165, 1.54) is 24.1 Å². The highest BCUT2D eigenvalue weighted by Gasteiger charge is 2.34. The summed E-state index contributed by atoms with van der Waals surface area (Å²) in [6.45, 7) is 4.58. The number of hydrogen-bond acceptors (Lipinski definition) is 4. The van der Waals surface area contributed by atoms with Crippen LogP contribution in [0.3, 0.4) is 0 Å². The zero-order valence-corrected chi connectivity index (χ0v) is 17.5. The van der Waals surface area contributed by atoms with Crippen molar-refractivity contribution in [1.29, 1.82) is 0 Å². The number of hydrogen-bond donors (Lipinski definition) is 0. The summed E-state index contributed by atoms with van der Waals surface area (Å²) in [4.78, 5) is 21.3. The SMILES string of the molecule is COc1cccc(Cc2cccc(C3CCCN3C3CCN(C(C)=O)CC3)n2)c1. The third-order valence-corrected chi connectivity index (χ3v) is 6.36. The summed E-state index contributed by atoms with van der Waals surface area (Å²) >= 11 is 0. The van der Waals surface area contributed by atoms with Crippen molar-refractivity contribution in [3.8, 4) is 5.75 Å². The molecule has 0 radical (unpaired) electrons. The van der Waals surface area contributed by atoms with Gasteiger partial charge in [0.2, 0.25) is 5.91 Å². The lowest BCUT2D eigenvalue weighted by Gasteiger charge is -2.39. The molecule has 2 aliphatic rings. The predicted molar refractivity (Wildman–Crippen MR) is 114 cm³/mol. The lowest BCUT2D eigenvalue weighted by molar-refractivity contribution is -0.130. The van der Waals surface area contributed by atoms with Gasteiger partial charge in [0, 0.05) is 38.2 Å². The molecule has 5 nitrogen and oxygen atoms in total. The second-order valence-electron chi connectivity index (χ2n) is 8.22. The van der Waals surface area contributed by atoms with Crippen LogP contribution in [0.1, 0.15) is 55.6 Å². The van der Waals surface area contributed by atoms with E-state index in [4.69, 9.17) is 9.72 Å². The fourth-order valence-corrected chi connectivity index (χ4v) is 4.83. The number of pyridine rings is 1. The third-order valence-electron chi connectivity index (χ3n) is 6.36. The van der Waals surface area contributed by atoms with Gasteiger partial charge in [-0.25, -0.2) is 0 Å². The molecule has 0 N–H and O–H groups in total. The number of aromatic nitrogens is 1. The van der Waals surface area contributed by atoms with E-state index >= 15 is 0 Å². The van der Waals surface area contributed by atoms with Gasteiger partial charge >= 0.3 is 0 Å². The maximum absolute atomic E-state index is 11.6. The van der Waals surface area contributed by atoms with Crippen LogP contribution in [-0.4, -0.2) is 53.5 Å². The summed E-state index contributed by atoms with van der Waals surface area (Å²) in [5.74, 6) is 1.09. The molecule has 154 valence electrons. The number of methoxy groups -OCH3 is 1. The van der Waals surface area contributed by atoms with Crippen molar-refractivity contribution < 1.29 is 9.53 Å². The van der Waals surface area contributed by atoms with Gasteiger partial charge in [0.1, 0.15) is 5.75 Å². The average molecular weight is 394 g/mol. The van der Waals surface area contributed by atoms with Gasteiger partial charge in [0.25, 0.3) is 0 Å². The average Bonchev–Trinajstić information content (AvgIpc) is 3.24. The van der Waals surface area contributed by atoms with E-state index in [2.05, 4.69) is 35.2 Å². The Balaban J connectivity index is 1.46. The van der Waals surface area contributed by atoms with Crippen LogP contribution < -0.4 is 4.74 Å². The molecule has 1 atom stereocenters. The Morgan fingerprint density at radius 3 is 2.66 bits per heavy atom. The molecule has 1 unspecified atom stereocenters. The van der Waals surface area contributed by atoms with E-state index < -0.39 is 0 Å². The minimum Gasteiger partial charge on any atom is -0.497 e. The van der Waals surface area contributed by atoms with Crippen molar-refractivity contribution in [1.82, 2.24) is 14.8 Å². The number of rotatable bonds is 5. The minimum absolute atomic E-state index is 0.202. The predicted octanol–water partition coefficient (Wildman–Crippen LogP) is 3.83. The molecule has 1 amide bonds. The molecule has 4 rings (SSSR count). The Bertz CT molecular complexity index is 846. The second kappa shape index (κ2) is 8.95. The Kier molecular flexibility index (Phi) is 6.14. The van der Waals surface area contributed by atoms with Gasteiger partial charge in [-0.15, -0.1) is 0 Å². The number of piperidine rings is 1. The van der Waals surface area contributed by atoms with E-state index in [1.54, 1.807) is 14.0 Å². The molecule has 0 bridgehead atoms. The first kappa shape index (κ1) is 19.9. The zero-order valence-electron chi connectivity index (χ0n) is 17.5. The molecule has 2 fully saturated rings. The van der Waals surface area contributed by atoms with Crippen molar-refractivity contribution in [3.05, 3.63) is 59.4 Å². The van der Waals surface area contributed by atoms with E-state index in [0.717, 1.165) is 50.3 Å². The number of likely N-dealkylation sites (tertiary alicyclic amines) is 2.